The summed E-state index contributed by atoms with van der Waals surface area (Å²) in [6, 6.07) is 4.17. The van der Waals surface area contributed by atoms with Crippen molar-refractivity contribution in [2.24, 2.45) is 5.73 Å². The van der Waals surface area contributed by atoms with E-state index in [1.165, 1.54) is 0 Å². The Morgan fingerprint density at radius 3 is 3.00 bits per heavy atom. The van der Waals surface area contributed by atoms with E-state index in [2.05, 4.69) is 10.1 Å². The van der Waals surface area contributed by atoms with Crippen LogP contribution in [0.25, 0.3) is 11.5 Å². The van der Waals surface area contributed by atoms with Gasteiger partial charge in [-0.2, -0.15) is 4.98 Å². The first kappa shape index (κ1) is 11.7. The molecule has 6 heteroatoms. The first-order valence-corrected chi connectivity index (χ1v) is 5.09. The number of aromatic nitrogens is 2. The zero-order valence-corrected chi connectivity index (χ0v) is 9.22. The summed E-state index contributed by atoms with van der Waals surface area (Å²) >= 11 is 0. The summed E-state index contributed by atoms with van der Waals surface area (Å²) in [7, 11) is 0. The molecule has 1 aromatic carbocycles. The van der Waals surface area contributed by atoms with Crippen LogP contribution in [0.15, 0.2) is 22.7 Å². The van der Waals surface area contributed by atoms with Gasteiger partial charge in [-0.15, -0.1) is 0 Å². The third-order valence-corrected chi connectivity index (χ3v) is 2.39. The highest BCUT2D eigenvalue weighted by Gasteiger charge is 2.17. The average molecular weight is 237 g/mol. The van der Waals surface area contributed by atoms with E-state index >= 15 is 0 Å². The fourth-order valence-electron chi connectivity index (χ4n) is 1.39. The Labute approximate surface area is 97.1 Å². The molecule has 0 aliphatic heterocycles. The molecule has 1 unspecified atom stereocenters. The second-order valence-corrected chi connectivity index (χ2v) is 3.68. The molecule has 2 rings (SSSR count). The predicted molar refractivity (Wildman–Crippen MR) is 58.4 cm³/mol. The predicted octanol–water partition coefficient (Wildman–Crippen LogP) is 1.18. The number of benzene rings is 1. The molecule has 90 valence electrons. The Balaban J connectivity index is 2.40. The molecule has 5 nitrogen and oxygen atoms in total. The van der Waals surface area contributed by atoms with Gasteiger partial charge in [0, 0.05) is 0 Å². The maximum absolute atomic E-state index is 13.8. The van der Waals surface area contributed by atoms with E-state index in [1.54, 1.807) is 25.1 Å². The Kier molecular flexibility index (Phi) is 3.16. The smallest absolute Gasteiger partial charge is 0.260 e. The molecule has 0 aliphatic carbocycles. The van der Waals surface area contributed by atoms with Crippen LogP contribution in [0, 0.1) is 12.7 Å². The number of nitrogens with zero attached hydrogens (tertiary/aromatic N) is 2. The van der Waals surface area contributed by atoms with Crippen LogP contribution in [0.5, 0.6) is 0 Å². The van der Waals surface area contributed by atoms with Gasteiger partial charge in [-0.1, -0.05) is 17.3 Å². The fourth-order valence-corrected chi connectivity index (χ4v) is 1.39. The van der Waals surface area contributed by atoms with Crippen molar-refractivity contribution in [2.45, 2.75) is 13.0 Å². The van der Waals surface area contributed by atoms with Crippen molar-refractivity contribution in [3.8, 4) is 11.5 Å². The van der Waals surface area contributed by atoms with Crippen molar-refractivity contribution >= 4 is 0 Å². The quantitative estimate of drug-likeness (QED) is 0.837. The van der Waals surface area contributed by atoms with Gasteiger partial charge in [0.25, 0.3) is 5.89 Å². The molecule has 0 saturated heterocycles. The number of hydrogen-bond acceptors (Lipinski definition) is 5. The van der Waals surface area contributed by atoms with Gasteiger partial charge >= 0.3 is 0 Å². The molecule has 0 saturated carbocycles. The van der Waals surface area contributed by atoms with Gasteiger partial charge in [-0.3, -0.25) is 0 Å². The third-order valence-electron chi connectivity index (χ3n) is 2.39. The van der Waals surface area contributed by atoms with Crippen LogP contribution < -0.4 is 5.73 Å². The summed E-state index contributed by atoms with van der Waals surface area (Å²) in [5, 5.41) is 12.4. The lowest BCUT2D eigenvalue weighted by Gasteiger charge is -2.00. The highest BCUT2D eigenvalue weighted by molar-refractivity contribution is 5.55. The molecule has 2 aromatic rings. The van der Waals surface area contributed by atoms with Crippen molar-refractivity contribution in [1.29, 1.82) is 0 Å². The van der Waals surface area contributed by atoms with E-state index in [-0.39, 0.29) is 23.9 Å². The monoisotopic (exact) mass is 237 g/mol. The molecule has 0 fully saturated rings. The number of nitrogens with two attached hydrogens (primary N) is 1. The first-order chi connectivity index (χ1) is 8.13. The fraction of sp³-hybridized carbons (Fsp3) is 0.273. The van der Waals surface area contributed by atoms with Gasteiger partial charge in [0.2, 0.25) is 0 Å². The largest absolute Gasteiger partial charge is 0.394 e. The Hall–Kier alpha value is -1.79. The van der Waals surface area contributed by atoms with E-state index in [9.17, 15) is 4.39 Å². The molecule has 0 aliphatic rings. The van der Waals surface area contributed by atoms with E-state index < -0.39 is 11.9 Å². The minimum atomic E-state index is -0.722. The van der Waals surface area contributed by atoms with Crippen LogP contribution >= 0.6 is 0 Å². The van der Waals surface area contributed by atoms with Crippen molar-refractivity contribution in [1.82, 2.24) is 10.1 Å². The van der Waals surface area contributed by atoms with Crippen molar-refractivity contribution in [3.63, 3.8) is 0 Å². The molecule has 0 radical (unpaired) electrons. The molecule has 0 bridgehead atoms. The molecule has 3 N–H and O–H groups in total. The van der Waals surface area contributed by atoms with Crippen LogP contribution in [-0.4, -0.2) is 21.9 Å². The van der Waals surface area contributed by atoms with Gasteiger partial charge in [0.05, 0.1) is 18.2 Å². The summed E-state index contributed by atoms with van der Waals surface area (Å²) in [5.74, 6) is -0.186. The van der Waals surface area contributed by atoms with Crippen LogP contribution in [0.2, 0.25) is 0 Å². The van der Waals surface area contributed by atoms with Crippen molar-refractivity contribution in [2.75, 3.05) is 6.61 Å². The molecule has 1 heterocycles. The highest BCUT2D eigenvalue weighted by Crippen LogP contribution is 2.23. The SMILES string of the molecule is Cc1cccc(-c2nc(C(N)CO)no2)c1F. The summed E-state index contributed by atoms with van der Waals surface area (Å²) in [5.41, 5.74) is 6.25. The van der Waals surface area contributed by atoms with Crippen molar-refractivity contribution in [3.05, 3.63) is 35.4 Å². The molecule has 0 amide bonds. The maximum atomic E-state index is 13.8. The number of halogens is 1. The molecule has 17 heavy (non-hydrogen) atoms. The van der Waals surface area contributed by atoms with Crippen LogP contribution in [-0.2, 0) is 0 Å². The minimum Gasteiger partial charge on any atom is -0.394 e. The van der Waals surface area contributed by atoms with Gasteiger partial charge in [-0.25, -0.2) is 4.39 Å². The van der Waals surface area contributed by atoms with Gasteiger partial charge < -0.3 is 15.4 Å². The van der Waals surface area contributed by atoms with E-state index in [0.717, 1.165) is 0 Å². The highest BCUT2D eigenvalue weighted by atomic mass is 19.1. The number of aliphatic hydroxyl groups is 1. The summed E-state index contributed by atoms with van der Waals surface area (Å²) in [6.07, 6.45) is 0. The maximum Gasteiger partial charge on any atom is 0.260 e. The standard InChI is InChI=1S/C11H12FN3O2/c1-6-3-2-4-7(9(6)12)11-14-10(15-17-11)8(13)5-16/h2-4,8,16H,5,13H2,1H3. The third kappa shape index (κ3) is 2.17. The topological polar surface area (TPSA) is 85.2 Å². The number of hydrogen-bond donors (Lipinski definition) is 2. The molecular weight excluding hydrogens is 225 g/mol. The molecular formula is C11H12FN3O2. The normalized spacial score (nSPS) is 12.7. The summed E-state index contributed by atoms with van der Waals surface area (Å²) < 4.78 is 18.7. The second-order valence-electron chi connectivity index (χ2n) is 3.68. The number of aryl methyl sites for hydroxylation is 1. The molecule has 1 atom stereocenters. The first-order valence-electron chi connectivity index (χ1n) is 5.09. The molecule has 0 spiro atoms. The second kappa shape index (κ2) is 4.60. The summed E-state index contributed by atoms with van der Waals surface area (Å²) in [6.45, 7) is 1.35. The van der Waals surface area contributed by atoms with Gasteiger partial charge in [-0.05, 0) is 18.6 Å². The van der Waals surface area contributed by atoms with E-state index in [1.807, 2.05) is 0 Å². The lowest BCUT2D eigenvalue weighted by Crippen LogP contribution is -2.15. The zero-order chi connectivity index (χ0) is 12.4. The van der Waals surface area contributed by atoms with Gasteiger partial charge in [0.15, 0.2) is 5.82 Å². The lowest BCUT2D eigenvalue weighted by atomic mass is 10.1. The van der Waals surface area contributed by atoms with Crippen LogP contribution in [0.3, 0.4) is 0 Å². The zero-order valence-electron chi connectivity index (χ0n) is 9.22. The van der Waals surface area contributed by atoms with Crippen LogP contribution in [0.1, 0.15) is 17.4 Å². The number of rotatable bonds is 3. The van der Waals surface area contributed by atoms with E-state index in [4.69, 9.17) is 15.4 Å². The number of aliphatic hydroxyl groups excluding tert-OH is 1. The molecule has 1 aromatic heterocycles. The lowest BCUT2D eigenvalue weighted by molar-refractivity contribution is 0.260. The Bertz CT molecular complexity index is 527. The minimum absolute atomic E-state index is 0.0603. The van der Waals surface area contributed by atoms with Crippen molar-refractivity contribution < 1.29 is 14.0 Å². The Morgan fingerprint density at radius 1 is 1.53 bits per heavy atom. The Morgan fingerprint density at radius 2 is 2.29 bits per heavy atom. The van der Waals surface area contributed by atoms with Gasteiger partial charge in [0.1, 0.15) is 5.82 Å². The van der Waals surface area contributed by atoms with Crippen LogP contribution in [0.4, 0.5) is 4.39 Å². The summed E-state index contributed by atoms with van der Waals surface area (Å²) in [4.78, 5) is 3.95. The average Bonchev–Trinajstić information content (AvgIpc) is 2.81. The van der Waals surface area contributed by atoms with E-state index in [0.29, 0.717) is 5.56 Å².